The second kappa shape index (κ2) is 4.86. The lowest BCUT2D eigenvalue weighted by Gasteiger charge is -2.00. The van der Waals surface area contributed by atoms with Gasteiger partial charge in [0.15, 0.2) is 10.2 Å². The first-order valence-electron chi connectivity index (χ1n) is 4.43. The van der Waals surface area contributed by atoms with Crippen LogP contribution in [-0.2, 0) is 0 Å². The van der Waals surface area contributed by atoms with Crippen molar-refractivity contribution >= 4 is 34.9 Å². The number of aromatic nitrogens is 2. The largest absolute Gasteiger partial charge is 0.375 e. The Balaban J connectivity index is 2.20. The van der Waals surface area contributed by atoms with E-state index in [1.807, 2.05) is 28.3 Å². The number of thiocarbonyl (C=S) groups is 1. The first-order chi connectivity index (χ1) is 7.77. The molecule has 0 saturated heterocycles. The summed E-state index contributed by atoms with van der Waals surface area (Å²) >= 11 is 6.19. The average molecular weight is 251 g/mol. The lowest BCUT2D eigenvalue weighted by Crippen LogP contribution is -2.24. The molecule has 82 valence electrons. The van der Waals surface area contributed by atoms with Crippen molar-refractivity contribution in [1.29, 1.82) is 0 Å². The van der Waals surface area contributed by atoms with Gasteiger partial charge in [-0.15, -0.1) is 11.3 Å². The number of nitrogens with zero attached hydrogens (tertiary/aromatic N) is 3. The zero-order valence-electron chi connectivity index (χ0n) is 8.20. The van der Waals surface area contributed by atoms with Crippen molar-refractivity contribution in [2.45, 2.75) is 0 Å². The van der Waals surface area contributed by atoms with Crippen LogP contribution in [-0.4, -0.2) is 20.9 Å². The molecule has 2 aromatic heterocycles. The summed E-state index contributed by atoms with van der Waals surface area (Å²) in [7, 11) is 0. The predicted octanol–water partition coefficient (Wildman–Crippen LogP) is 1.10. The molecule has 0 atom stereocenters. The van der Waals surface area contributed by atoms with Gasteiger partial charge in [0.05, 0.1) is 11.9 Å². The van der Waals surface area contributed by atoms with Gasteiger partial charge in [0.2, 0.25) is 0 Å². The maximum atomic E-state index is 5.25. The van der Waals surface area contributed by atoms with E-state index in [0.29, 0.717) is 0 Å². The lowest BCUT2D eigenvalue weighted by molar-refractivity contribution is 1.01. The van der Waals surface area contributed by atoms with Gasteiger partial charge < -0.3 is 5.73 Å². The Bertz CT molecular complexity index is 500. The Morgan fingerprint density at radius 2 is 2.56 bits per heavy atom. The highest BCUT2D eigenvalue weighted by molar-refractivity contribution is 7.80. The molecule has 2 aromatic rings. The fourth-order valence-electron chi connectivity index (χ4n) is 1.17. The smallest absolute Gasteiger partial charge is 0.193 e. The van der Waals surface area contributed by atoms with Crippen LogP contribution in [0.3, 0.4) is 0 Å². The van der Waals surface area contributed by atoms with Crippen LogP contribution in [0.5, 0.6) is 0 Å². The predicted molar refractivity (Wildman–Crippen MR) is 69.0 cm³/mol. The topological polar surface area (TPSA) is 68.2 Å². The number of nitrogens with one attached hydrogen (secondary N) is 1. The number of hydrogen-bond donors (Lipinski definition) is 2. The molecule has 0 aliphatic carbocycles. The van der Waals surface area contributed by atoms with Crippen LogP contribution in [0.1, 0.15) is 5.69 Å². The Hall–Kier alpha value is -1.73. The maximum absolute atomic E-state index is 5.25. The number of nitrogens with two attached hydrogens (primary N) is 1. The molecule has 0 aromatic carbocycles. The van der Waals surface area contributed by atoms with E-state index < -0.39 is 0 Å². The monoisotopic (exact) mass is 251 g/mol. The molecule has 0 saturated carbocycles. The summed E-state index contributed by atoms with van der Waals surface area (Å²) < 4.78 is 1.93. The van der Waals surface area contributed by atoms with Gasteiger partial charge in [0, 0.05) is 17.8 Å². The Morgan fingerprint density at radius 3 is 3.25 bits per heavy atom. The summed E-state index contributed by atoms with van der Waals surface area (Å²) in [6.07, 6.45) is 5.32. The summed E-state index contributed by atoms with van der Waals surface area (Å²) in [6, 6.07) is 3.84. The molecule has 2 rings (SSSR count). The van der Waals surface area contributed by atoms with E-state index in [4.69, 9.17) is 5.73 Å². The Morgan fingerprint density at radius 1 is 1.69 bits per heavy atom. The van der Waals surface area contributed by atoms with Gasteiger partial charge in [-0.3, -0.25) is 9.99 Å². The average Bonchev–Trinajstić information content (AvgIpc) is 2.84. The highest BCUT2D eigenvalue weighted by atomic mass is 32.1. The summed E-state index contributed by atoms with van der Waals surface area (Å²) in [5.41, 5.74) is 8.66. The van der Waals surface area contributed by atoms with E-state index in [0.717, 1.165) is 10.8 Å². The number of rotatable bonds is 3. The van der Waals surface area contributed by atoms with Crippen molar-refractivity contribution in [2.24, 2.45) is 10.8 Å². The van der Waals surface area contributed by atoms with E-state index >= 15 is 0 Å². The molecule has 2 heterocycles. The third-order valence-electron chi connectivity index (χ3n) is 1.78. The maximum Gasteiger partial charge on any atom is 0.193 e. The van der Waals surface area contributed by atoms with Crippen molar-refractivity contribution in [2.75, 3.05) is 0 Å². The summed E-state index contributed by atoms with van der Waals surface area (Å²) in [5.74, 6) is 0. The normalized spacial score (nSPS) is 10.8. The van der Waals surface area contributed by atoms with Crippen LogP contribution in [0, 0.1) is 0 Å². The lowest BCUT2D eigenvalue weighted by atomic mass is 10.5. The molecule has 3 N–H and O–H groups in total. The van der Waals surface area contributed by atoms with Gasteiger partial charge in [-0.1, -0.05) is 0 Å². The highest BCUT2D eigenvalue weighted by Gasteiger charge is 2.02. The van der Waals surface area contributed by atoms with Crippen LogP contribution in [0.2, 0.25) is 0 Å². The quantitative estimate of drug-likeness (QED) is 0.487. The molecule has 0 spiro atoms. The van der Waals surface area contributed by atoms with Crippen molar-refractivity contribution < 1.29 is 0 Å². The fourth-order valence-corrected chi connectivity index (χ4v) is 1.87. The molecule has 0 fully saturated rings. The number of hydrogen-bond acceptors (Lipinski definition) is 4. The minimum atomic E-state index is 0.142. The van der Waals surface area contributed by atoms with Crippen LogP contribution in [0.4, 0.5) is 0 Å². The van der Waals surface area contributed by atoms with E-state index in [-0.39, 0.29) is 5.11 Å². The molecule has 0 amide bonds. The Labute approximate surface area is 102 Å². The van der Waals surface area contributed by atoms with E-state index in [1.54, 1.807) is 23.7 Å². The summed E-state index contributed by atoms with van der Waals surface area (Å²) in [6.45, 7) is 0. The zero-order chi connectivity index (χ0) is 11.4. The van der Waals surface area contributed by atoms with E-state index in [2.05, 4.69) is 27.7 Å². The second-order valence-corrected chi connectivity index (χ2v) is 4.16. The number of thiazole rings is 1. The minimum absolute atomic E-state index is 0.142. The molecule has 5 nitrogen and oxygen atoms in total. The van der Waals surface area contributed by atoms with Crippen molar-refractivity contribution in [3.8, 4) is 5.13 Å². The SMILES string of the molecule is NC(=S)N/N=C\c1cccn1-c1nccs1. The molecule has 16 heavy (non-hydrogen) atoms. The third kappa shape index (κ3) is 2.44. The van der Waals surface area contributed by atoms with Crippen LogP contribution >= 0.6 is 23.6 Å². The van der Waals surface area contributed by atoms with Crippen LogP contribution < -0.4 is 11.2 Å². The molecule has 0 aliphatic rings. The highest BCUT2D eigenvalue weighted by Crippen LogP contribution is 2.13. The van der Waals surface area contributed by atoms with Crippen molar-refractivity contribution in [1.82, 2.24) is 15.0 Å². The molecular weight excluding hydrogens is 242 g/mol. The van der Waals surface area contributed by atoms with Gasteiger partial charge in [0.1, 0.15) is 0 Å². The molecule has 7 heteroatoms. The van der Waals surface area contributed by atoms with Gasteiger partial charge in [0.25, 0.3) is 0 Å². The molecule has 0 aliphatic heterocycles. The first kappa shape index (κ1) is 10.8. The molecule has 0 unspecified atom stereocenters. The second-order valence-electron chi connectivity index (χ2n) is 2.85. The standard InChI is InChI=1S/C9H9N5S2/c10-8(15)13-12-6-7-2-1-4-14(7)9-11-3-5-16-9/h1-6H,(H3,10,13,15)/b12-6-. The van der Waals surface area contributed by atoms with Gasteiger partial charge in [-0.05, 0) is 24.4 Å². The van der Waals surface area contributed by atoms with Crippen molar-refractivity contribution in [3.63, 3.8) is 0 Å². The van der Waals surface area contributed by atoms with Crippen molar-refractivity contribution in [3.05, 3.63) is 35.6 Å². The number of hydrazone groups is 1. The van der Waals surface area contributed by atoms with Gasteiger partial charge in [-0.2, -0.15) is 5.10 Å². The van der Waals surface area contributed by atoms with Crippen LogP contribution in [0.15, 0.2) is 35.0 Å². The Kier molecular flexibility index (Phi) is 3.28. The molecule has 0 radical (unpaired) electrons. The molecular formula is C9H9N5S2. The van der Waals surface area contributed by atoms with Gasteiger partial charge >= 0.3 is 0 Å². The molecule has 0 bridgehead atoms. The van der Waals surface area contributed by atoms with Gasteiger partial charge in [-0.25, -0.2) is 4.98 Å². The summed E-state index contributed by atoms with van der Waals surface area (Å²) in [4.78, 5) is 4.21. The first-order valence-corrected chi connectivity index (χ1v) is 5.72. The third-order valence-corrected chi connectivity index (χ3v) is 2.64. The minimum Gasteiger partial charge on any atom is -0.375 e. The summed E-state index contributed by atoms with van der Waals surface area (Å²) in [5, 5.41) is 6.85. The van der Waals surface area contributed by atoms with E-state index in [1.165, 1.54) is 0 Å². The van der Waals surface area contributed by atoms with Crippen LogP contribution in [0.25, 0.3) is 5.13 Å². The zero-order valence-corrected chi connectivity index (χ0v) is 9.83. The fraction of sp³-hybridized carbons (Fsp3) is 0. The van der Waals surface area contributed by atoms with E-state index in [9.17, 15) is 0 Å².